The number of aromatic hydroxyl groups is 1. The molecule has 4 heteroatoms. The number of hydrogen-bond acceptors (Lipinski definition) is 4. The van der Waals surface area contributed by atoms with Crippen LogP contribution in [0.5, 0.6) is 11.5 Å². The Kier molecular flexibility index (Phi) is 5.26. The fraction of sp³-hybridized carbons (Fsp3) is 0.625. The van der Waals surface area contributed by atoms with Crippen LogP contribution in [0.3, 0.4) is 0 Å². The molecule has 1 aliphatic rings. The van der Waals surface area contributed by atoms with Gasteiger partial charge >= 0.3 is 0 Å². The lowest BCUT2D eigenvalue weighted by atomic mass is 9.90. The minimum atomic E-state index is -0.523. The second kappa shape index (κ2) is 6.95. The van der Waals surface area contributed by atoms with Crippen LogP contribution >= 0.6 is 0 Å². The molecule has 0 radical (unpaired) electrons. The summed E-state index contributed by atoms with van der Waals surface area (Å²) in [5.41, 5.74) is 2.13. The number of hydrogen-bond donors (Lipinski definition) is 3. The summed E-state index contributed by atoms with van der Waals surface area (Å²) in [5.74, 6) is 1.18. The number of phenolic OH excluding ortho intramolecular Hbond substituents is 1. The van der Waals surface area contributed by atoms with Crippen LogP contribution in [0.1, 0.15) is 37.8 Å². The van der Waals surface area contributed by atoms with E-state index in [2.05, 4.69) is 5.32 Å². The van der Waals surface area contributed by atoms with E-state index >= 15 is 0 Å². The van der Waals surface area contributed by atoms with Crippen molar-refractivity contribution in [1.82, 2.24) is 5.32 Å². The maximum absolute atomic E-state index is 9.89. The first kappa shape index (κ1) is 15.1. The Morgan fingerprint density at radius 2 is 1.90 bits per heavy atom. The number of benzene rings is 1. The Hall–Kier alpha value is -1.26. The third kappa shape index (κ3) is 3.87. The van der Waals surface area contributed by atoms with E-state index in [1.807, 2.05) is 19.9 Å². The van der Waals surface area contributed by atoms with Crippen molar-refractivity contribution in [2.45, 2.75) is 51.7 Å². The molecule has 1 atom stereocenters. The molecule has 0 fully saturated rings. The van der Waals surface area contributed by atoms with Gasteiger partial charge in [-0.25, -0.2) is 0 Å². The SMILES string of the molecule is CC(C)NCC(O)COc1ccc(O)c2c1CCCC2. The number of ether oxygens (including phenoxy) is 1. The van der Waals surface area contributed by atoms with Gasteiger partial charge in [0.1, 0.15) is 24.2 Å². The first-order chi connectivity index (χ1) is 9.58. The number of rotatable bonds is 6. The van der Waals surface area contributed by atoms with Gasteiger partial charge in [0.05, 0.1) is 0 Å². The zero-order valence-corrected chi connectivity index (χ0v) is 12.4. The quantitative estimate of drug-likeness (QED) is 0.745. The number of aliphatic hydroxyl groups excluding tert-OH is 1. The number of aliphatic hydroxyl groups is 1. The summed E-state index contributed by atoms with van der Waals surface area (Å²) in [5, 5.41) is 23.0. The lowest BCUT2D eigenvalue weighted by Gasteiger charge is -2.22. The molecule has 112 valence electrons. The number of nitrogens with one attached hydrogen (secondary N) is 1. The van der Waals surface area contributed by atoms with E-state index in [4.69, 9.17) is 4.74 Å². The maximum atomic E-state index is 9.89. The van der Waals surface area contributed by atoms with Crippen LogP contribution in [0, 0.1) is 0 Å². The fourth-order valence-electron chi connectivity index (χ4n) is 2.57. The molecule has 0 aliphatic heterocycles. The fourth-order valence-corrected chi connectivity index (χ4v) is 2.57. The van der Waals surface area contributed by atoms with Crippen LogP contribution in [0.15, 0.2) is 12.1 Å². The third-order valence-corrected chi connectivity index (χ3v) is 3.66. The summed E-state index contributed by atoms with van der Waals surface area (Å²) in [7, 11) is 0. The lowest BCUT2D eigenvalue weighted by Crippen LogP contribution is -2.35. The highest BCUT2D eigenvalue weighted by Crippen LogP contribution is 2.35. The molecule has 0 bridgehead atoms. The standard InChI is InChI=1S/C16H25NO3/c1-11(2)17-9-12(18)10-20-16-8-7-15(19)13-5-3-4-6-14(13)16/h7-8,11-12,17-19H,3-6,9-10H2,1-2H3. The molecule has 0 saturated carbocycles. The largest absolute Gasteiger partial charge is 0.508 e. The zero-order valence-electron chi connectivity index (χ0n) is 12.4. The van der Waals surface area contributed by atoms with E-state index in [9.17, 15) is 10.2 Å². The van der Waals surface area contributed by atoms with Crippen molar-refractivity contribution in [3.8, 4) is 11.5 Å². The Morgan fingerprint density at radius 1 is 1.20 bits per heavy atom. The highest BCUT2D eigenvalue weighted by molar-refractivity contribution is 5.49. The summed E-state index contributed by atoms with van der Waals surface area (Å²) in [6.45, 7) is 4.89. The molecule has 0 spiro atoms. The highest BCUT2D eigenvalue weighted by Gasteiger charge is 2.18. The first-order valence-corrected chi connectivity index (χ1v) is 7.46. The molecule has 1 aromatic carbocycles. The van der Waals surface area contributed by atoms with Gasteiger partial charge < -0.3 is 20.3 Å². The van der Waals surface area contributed by atoms with E-state index in [1.165, 1.54) is 0 Å². The third-order valence-electron chi connectivity index (χ3n) is 3.66. The average Bonchev–Trinajstić information content (AvgIpc) is 2.45. The molecule has 1 unspecified atom stereocenters. The first-order valence-electron chi connectivity index (χ1n) is 7.46. The van der Waals surface area contributed by atoms with Crippen LogP contribution < -0.4 is 10.1 Å². The van der Waals surface area contributed by atoms with Crippen LogP contribution in [0.2, 0.25) is 0 Å². The van der Waals surface area contributed by atoms with Crippen LogP contribution in [0.4, 0.5) is 0 Å². The molecule has 0 heterocycles. The van der Waals surface area contributed by atoms with Gasteiger partial charge in [-0.2, -0.15) is 0 Å². The second-order valence-corrected chi connectivity index (χ2v) is 5.77. The molecule has 20 heavy (non-hydrogen) atoms. The van der Waals surface area contributed by atoms with Gasteiger partial charge in [-0.05, 0) is 37.8 Å². The van der Waals surface area contributed by atoms with E-state index in [0.29, 0.717) is 18.3 Å². The highest BCUT2D eigenvalue weighted by atomic mass is 16.5. The van der Waals surface area contributed by atoms with Gasteiger partial charge in [0.25, 0.3) is 0 Å². The van der Waals surface area contributed by atoms with E-state index < -0.39 is 6.10 Å². The Morgan fingerprint density at radius 3 is 2.60 bits per heavy atom. The van der Waals surface area contributed by atoms with Crippen molar-refractivity contribution in [3.05, 3.63) is 23.3 Å². The summed E-state index contributed by atoms with van der Waals surface area (Å²) in [4.78, 5) is 0. The van der Waals surface area contributed by atoms with Gasteiger partial charge in [-0.3, -0.25) is 0 Å². The minimum absolute atomic E-state index is 0.275. The molecule has 4 nitrogen and oxygen atoms in total. The number of phenols is 1. The van der Waals surface area contributed by atoms with Gasteiger partial charge in [-0.15, -0.1) is 0 Å². The minimum Gasteiger partial charge on any atom is -0.508 e. The summed E-state index contributed by atoms with van der Waals surface area (Å²) >= 11 is 0. The Balaban J connectivity index is 1.96. The molecule has 3 N–H and O–H groups in total. The molecule has 1 aliphatic carbocycles. The monoisotopic (exact) mass is 279 g/mol. The average molecular weight is 279 g/mol. The van der Waals surface area contributed by atoms with Crippen molar-refractivity contribution in [3.63, 3.8) is 0 Å². The lowest BCUT2D eigenvalue weighted by molar-refractivity contribution is 0.104. The predicted molar refractivity (Wildman–Crippen MR) is 79.4 cm³/mol. The molecule has 1 aromatic rings. The molecular formula is C16H25NO3. The predicted octanol–water partition coefficient (Wildman–Crippen LogP) is 2.01. The van der Waals surface area contributed by atoms with Gasteiger partial charge in [0.15, 0.2) is 0 Å². The molecular weight excluding hydrogens is 254 g/mol. The topological polar surface area (TPSA) is 61.7 Å². The molecule has 0 saturated heterocycles. The summed E-state index contributed by atoms with van der Waals surface area (Å²) < 4.78 is 5.75. The van der Waals surface area contributed by atoms with Crippen LogP contribution in [0.25, 0.3) is 0 Å². The van der Waals surface area contributed by atoms with E-state index in [-0.39, 0.29) is 6.61 Å². The van der Waals surface area contributed by atoms with Crippen molar-refractivity contribution in [2.75, 3.05) is 13.2 Å². The van der Waals surface area contributed by atoms with Crippen molar-refractivity contribution < 1.29 is 14.9 Å². The van der Waals surface area contributed by atoms with Crippen LogP contribution in [-0.2, 0) is 12.8 Å². The molecule has 2 rings (SSSR count). The second-order valence-electron chi connectivity index (χ2n) is 5.77. The van der Waals surface area contributed by atoms with E-state index in [1.54, 1.807) is 6.07 Å². The van der Waals surface area contributed by atoms with Gasteiger partial charge in [0.2, 0.25) is 0 Å². The molecule has 0 amide bonds. The summed E-state index contributed by atoms with van der Waals surface area (Å²) in [6.07, 6.45) is 3.58. The normalized spacial score (nSPS) is 16.0. The Bertz CT molecular complexity index is 446. The summed E-state index contributed by atoms with van der Waals surface area (Å²) in [6, 6.07) is 3.85. The van der Waals surface area contributed by atoms with Crippen molar-refractivity contribution in [1.29, 1.82) is 0 Å². The maximum Gasteiger partial charge on any atom is 0.123 e. The van der Waals surface area contributed by atoms with Gasteiger partial charge in [0, 0.05) is 23.7 Å². The Labute approximate surface area is 120 Å². The van der Waals surface area contributed by atoms with Crippen molar-refractivity contribution >= 4 is 0 Å². The van der Waals surface area contributed by atoms with Crippen molar-refractivity contribution in [2.24, 2.45) is 0 Å². The van der Waals surface area contributed by atoms with Gasteiger partial charge in [-0.1, -0.05) is 13.8 Å². The van der Waals surface area contributed by atoms with E-state index in [0.717, 1.165) is 42.6 Å². The smallest absolute Gasteiger partial charge is 0.123 e. The van der Waals surface area contributed by atoms with Crippen LogP contribution in [-0.4, -0.2) is 35.5 Å². The number of fused-ring (bicyclic) bond motifs is 1. The zero-order chi connectivity index (χ0) is 14.5. The molecule has 0 aromatic heterocycles.